The number of anilines is 1. The molecule has 0 radical (unpaired) electrons. The number of hydrogen-bond donors (Lipinski definition) is 0. The molecule has 128 valence electrons. The smallest absolute Gasteiger partial charge is 0.344 e. The van der Waals surface area contributed by atoms with Gasteiger partial charge in [-0.1, -0.05) is 18.2 Å². The summed E-state index contributed by atoms with van der Waals surface area (Å²) in [6.07, 6.45) is -0.928. The normalized spacial score (nSPS) is 11.1. The van der Waals surface area contributed by atoms with Gasteiger partial charge in [0.05, 0.1) is 11.6 Å². The zero-order valence-electron chi connectivity index (χ0n) is 14.0. The third-order valence-corrected chi connectivity index (χ3v) is 3.47. The maximum atomic E-state index is 12.3. The zero-order chi connectivity index (χ0) is 18.2. The predicted octanol–water partition coefficient (Wildman–Crippen LogP) is 2.53. The SMILES string of the molecule is C[C@H](OC(=O)COc1ccc(C#N)cc1)C(=O)N(C)c1ccccc1. The van der Waals surface area contributed by atoms with Crippen molar-refractivity contribution in [2.45, 2.75) is 13.0 Å². The second-order valence-corrected chi connectivity index (χ2v) is 5.29. The van der Waals surface area contributed by atoms with Crippen LogP contribution in [0.15, 0.2) is 54.6 Å². The van der Waals surface area contributed by atoms with E-state index in [2.05, 4.69) is 0 Å². The van der Waals surface area contributed by atoms with Crippen LogP contribution in [0.5, 0.6) is 5.75 Å². The minimum absolute atomic E-state index is 0.321. The number of benzene rings is 2. The predicted molar refractivity (Wildman–Crippen MR) is 92.1 cm³/mol. The molecule has 6 nitrogen and oxygen atoms in total. The van der Waals surface area contributed by atoms with E-state index in [9.17, 15) is 9.59 Å². The number of nitrogens with zero attached hydrogens (tertiary/aromatic N) is 2. The van der Waals surface area contributed by atoms with E-state index in [1.165, 1.54) is 11.8 Å². The number of likely N-dealkylation sites (N-methyl/N-ethyl adjacent to an activating group) is 1. The van der Waals surface area contributed by atoms with Crippen molar-refractivity contribution < 1.29 is 19.1 Å². The number of para-hydroxylation sites is 1. The van der Waals surface area contributed by atoms with Gasteiger partial charge in [-0.25, -0.2) is 4.79 Å². The van der Waals surface area contributed by atoms with Crippen LogP contribution in [0.4, 0.5) is 5.69 Å². The minimum Gasteiger partial charge on any atom is -0.482 e. The van der Waals surface area contributed by atoms with E-state index >= 15 is 0 Å². The summed E-state index contributed by atoms with van der Waals surface area (Å²) < 4.78 is 10.4. The van der Waals surface area contributed by atoms with Crippen LogP contribution in [0, 0.1) is 11.3 Å². The summed E-state index contributed by atoms with van der Waals surface area (Å²) in [7, 11) is 1.62. The van der Waals surface area contributed by atoms with Crippen LogP contribution in [0.2, 0.25) is 0 Å². The van der Waals surface area contributed by atoms with Gasteiger partial charge in [0.1, 0.15) is 5.75 Å². The molecule has 0 spiro atoms. The topological polar surface area (TPSA) is 79.6 Å². The average molecular weight is 338 g/mol. The van der Waals surface area contributed by atoms with Gasteiger partial charge in [0, 0.05) is 12.7 Å². The number of nitriles is 1. The van der Waals surface area contributed by atoms with Crippen molar-refractivity contribution in [2.24, 2.45) is 0 Å². The molecule has 0 heterocycles. The van der Waals surface area contributed by atoms with Gasteiger partial charge < -0.3 is 14.4 Å². The van der Waals surface area contributed by atoms with Crippen LogP contribution < -0.4 is 9.64 Å². The van der Waals surface area contributed by atoms with E-state index < -0.39 is 12.1 Å². The first kappa shape index (κ1) is 18.0. The summed E-state index contributed by atoms with van der Waals surface area (Å²) in [6, 6.07) is 17.4. The molecule has 6 heteroatoms. The second-order valence-electron chi connectivity index (χ2n) is 5.29. The highest BCUT2D eigenvalue weighted by molar-refractivity contribution is 5.96. The minimum atomic E-state index is -0.928. The highest BCUT2D eigenvalue weighted by Crippen LogP contribution is 2.14. The first-order valence-corrected chi connectivity index (χ1v) is 7.66. The van der Waals surface area contributed by atoms with E-state index in [0.29, 0.717) is 17.0 Å². The second kappa shape index (κ2) is 8.50. The Morgan fingerprint density at radius 3 is 2.36 bits per heavy atom. The fourth-order valence-corrected chi connectivity index (χ4v) is 2.10. The molecule has 0 aliphatic rings. The molecule has 1 amide bonds. The maximum Gasteiger partial charge on any atom is 0.344 e. The molecule has 0 aliphatic heterocycles. The van der Waals surface area contributed by atoms with E-state index in [1.54, 1.807) is 43.4 Å². The first-order valence-electron chi connectivity index (χ1n) is 7.66. The van der Waals surface area contributed by atoms with Crippen LogP contribution in [-0.2, 0) is 14.3 Å². The van der Waals surface area contributed by atoms with Crippen LogP contribution >= 0.6 is 0 Å². The van der Waals surface area contributed by atoms with Gasteiger partial charge >= 0.3 is 5.97 Å². The Labute approximate surface area is 146 Å². The van der Waals surface area contributed by atoms with Crippen molar-refractivity contribution in [3.63, 3.8) is 0 Å². The molecule has 2 aromatic rings. The number of esters is 1. The van der Waals surface area contributed by atoms with Crippen molar-refractivity contribution in [3.8, 4) is 11.8 Å². The van der Waals surface area contributed by atoms with Gasteiger partial charge in [-0.3, -0.25) is 4.79 Å². The monoisotopic (exact) mass is 338 g/mol. The average Bonchev–Trinajstić information content (AvgIpc) is 2.66. The molecule has 0 fully saturated rings. The van der Waals surface area contributed by atoms with Crippen LogP contribution in [0.25, 0.3) is 0 Å². The molecule has 0 aliphatic carbocycles. The summed E-state index contributed by atoms with van der Waals surface area (Å²) in [6.45, 7) is 1.19. The van der Waals surface area contributed by atoms with Gasteiger partial charge in [0.15, 0.2) is 12.7 Å². The third kappa shape index (κ3) is 5.08. The van der Waals surface area contributed by atoms with E-state index in [4.69, 9.17) is 14.7 Å². The molecule has 0 N–H and O–H groups in total. The van der Waals surface area contributed by atoms with Crippen LogP contribution in [-0.4, -0.2) is 31.6 Å². The Hall–Kier alpha value is -3.33. The highest BCUT2D eigenvalue weighted by atomic mass is 16.6. The Morgan fingerprint density at radius 2 is 1.76 bits per heavy atom. The van der Waals surface area contributed by atoms with E-state index in [0.717, 1.165) is 0 Å². The fourth-order valence-electron chi connectivity index (χ4n) is 2.10. The molecule has 0 bridgehead atoms. The van der Waals surface area contributed by atoms with Gasteiger partial charge in [0.25, 0.3) is 5.91 Å². The Kier molecular flexibility index (Phi) is 6.13. The van der Waals surface area contributed by atoms with Gasteiger partial charge in [-0.05, 0) is 43.3 Å². The summed E-state index contributed by atoms with van der Waals surface area (Å²) in [4.78, 5) is 25.6. The number of hydrogen-bond acceptors (Lipinski definition) is 5. The molecule has 2 aromatic carbocycles. The number of carbonyl (C=O) groups excluding carboxylic acids is 2. The number of carbonyl (C=O) groups is 2. The number of amides is 1. The quantitative estimate of drug-likeness (QED) is 0.756. The molecule has 0 saturated heterocycles. The molecule has 25 heavy (non-hydrogen) atoms. The molecule has 0 saturated carbocycles. The van der Waals surface area contributed by atoms with Gasteiger partial charge in [0.2, 0.25) is 0 Å². The first-order chi connectivity index (χ1) is 12.0. The third-order valence-electron chi connectivity index (χ3n) is 3.47. The summed E-state index contributed by atoms with van der Waals surface area (Å²) in [5, 5.41) is 8.72. The summed E-state index contributed by atoms with van der Waals surface area (Å²) in [5.74, 6) is -0.541. The largest absolute Gasteiger partial charge is 0.482 e. The van der Waals surface area contributed by atoms with Crippen molar-refractivity contribution in [3.05, 3.63) is 60.2 Å². The van der Waals surface area contributed by atoms with Crippen LogP contribution in [0.3, 0.4) is 0 Å². The zero-order valence-corrected chi connectivity index (χ0v) is 14.0. The van der Waals surface area contributed by atoms with Crippen molar-refractivity contribution >= 4 is 17.6 Å². The lowest BCUT2D eigenvalue weighted by molar-refractivity contribution is -0.155. The summed E-state index contributed by atoms with van der Waals surface area (Å²) in [5.41, 5.74) is 1.21. The number of rotatable bonds is 6. The Balaban J connectivity index is 1.84. The molecule has 2 rings (SSSR count). The van der Waals surface area contributed by atoms with Gasteiger partial charge in [-0.15, -0.1) is 0 Å². The highest BCUT2D eigenvalue weighted by Gasteiger charge is 2.22. The van der Waals surface area contributed by atoms with E-state index in [1.807, 2.05) is 24.3 Å². The molecular weight excluding hydrogens is 320 g/mol. The molecule has 0 aromatic heterocycles. The lowest BCUT2D eigenvalue weighted by Crippen LogP contribution is -2.38. The van der Waals surface area contributed by atoms with Crippen LogP contribution in [0.1, 0.15) is 12.5 Å². The Bertz CT molecular complexity index is 766. The maximum absolute atomic E-state index is 12.3. The molecule has 1 atom stereocenters. The molecule has 0 unspecified atom stereocenters. The van der Waals surface area contributed by atoms with Crippen molar-refractivity contribution in [1.82, 2.24) is 0 Å². The number of ether oxygens (including phenoxy) is 2. The van der Waals surface area contributed by atoms with E-state index in [-0.39, 0.29) is 12.5 Å². The van der Waals surface area contributed by atoms with Crippen molar-refractivity contribution in [2.75, 3.05) is 18.6 Å². The molecular formula is C19H18N2O4. The lowest BCUT2D eigenvalue weighted by Gasteiger charge is -2.21. The lowest BCUT2D eigenvalue weighted by atomic mass is 10.2. The fraction of sp³-hybridized carbons (Fsp3) is 0.211. The van der Waals surface area contributed by atoms with Gasteiger partial charge in [-0.2, -0.15) is 5.26 Å². The summed E-state index contributed by atoms with van der Waals surface area (Å²) >= 11 is 0. The van der Waals surface area contributed by atoms with Crippen molar-refractivity contribution in [1.29, 1.82) is 5.26 Å². The Morgan fingerprint density at radius 1 is 1.12 bits per heavy atom. The standard InChI is InChI=1S/C19H18N2O4/c1-14(19(23)21(2)16-6-4-3-5-7-16)25-18(22)13-24-17-10-8-15(12-20)9-11-17/h3-11,14H,13H2,1-2H3/t14-/m0/s1.